The minimum Gasteiger partial charge on any atom is -0.494 e. The van der Waals surface area contributed by atoms with E-state index in [0.29, 0.717) is 29.7 Å². The zero-order valence-corrected chi connectivity index (χ0v) is 16.7. The van der Waals surface area contributed by atoms with Crippen molar-refractivity contribution in [3.05, 3.63) is 71.3 Å². The van der Waals surface area contributed by atoms with Gasteiger partial charge in [0.25, 0.3) is 0 Å². The van der Waals surface area contributed by atoms with Gasteiger partial charge in [0.2, 0.25) is 11.8 Å². The number of aromatic hydroxyl groups is 2. The van der Waals surface area contributed by atoms with E-state index in [1.54, 1.807) is 30.3 Å². The van der Waals surface area contributed by atoms with Crippen LogP contribution < -0.4 is 4.74 Å². The largest absolute Gasteiger partial charge is 0.494 e. The standard InChI is InChI=1S/C23H19F3N2O4/c24-23(25,26)14-5-4-6-15(11-14)28-20(29)18-13-9-10-17(19(18)21(28)30)27(12-13)22(31)32-16-7-2-1-3-8-16/h1-8,11,13,17,29-30H,9-10,12H2/t13-,17-/m0/s1. The normalized spacial score (nSPS) is 19.7. The van der Waals surface area contributed by atoms with Gasteiger partial charge in [-0.1, -0.05) is 24.3 Å². The van der Waals surface area contributed by atoms with Crippen molar-refractivity contribution in [1.82, 2.24) is 9.47 Å². The second kappa shape index (κ2) is 7.22. The average Bonchev–Trinajstić information content (AvgIpc) is 3.06. The minimum absolute atomic E-state index is 0.0120. The molecule has 9 heteroatoms. The molecule has 3 aliphatic rings. The molecule has 1 aliphatic carbocycles. The number of alkyl halides is 3. The molecular formula is C23H19F3N2O4. The van der Waals surface area contributed by atoms with Crippen LogP contribution in [0.25, 0.3) is 5.69 Å². The molecule has 1 amide bonds. The number of halogens is 3. The molecule has 2 aliphatic heterocycles. The summed E-state index contributed by atoms with van der Waals surface area (Å²) in [6.07, 6.45) is -3.93. The highest BCUT2D eigenvalue weighted by Crippen LogP contribution is 2.55. The van der Waals surface area contributed by atoms with Crippen molar-refractivity contribution in [1.29, 1.82) is 0 Å². The van der Waals surface area contributed by atoms with Crippen LogP contribution in [-0.2, 0) is 6.18 Å². The average molecular weight is 444 g/mol. The molecule has 3 heterocycles. The fourth-order valence-corrected chi connectivity index (χ4v) is 4.74. The summed E-state index contributed by atoms with van der Waals surface area (Å²) in [6, 6.07) is 12.4. The second-order valence-corrected chi connectivity index (χ2v) is 7.98. The smallest absolute Gasteiger partial charge is 0.416 e. The Morgan fingerprint density at radius 2 is 1.69 bits per heavy atom. The Morgan fingerprint density at radius 3 is 2.41 bits per heavy atom. The predicted molar refractivity (Wildman–Crippen MR) is 108 cm³/mol. The lowest BCUT2D eigenvalue weighted by molar-refractivity contribution is -0.137. The van der Waals surface area contributed by atoms with Crippen molar-refractivity contribution in [2.75, 3.05) is 6.54 Å². The quantitative estimate of drug-likeness (QED) is 0.560. The molecule has 1 fully saturated rings. The molecule has 1 saturated heterocycles. The Kier molecular flexibility index (Phi) is 4.58. The third kappa shape index (κ3) is 3.16. The lowest BCUT2D eigenvalue weighted by Gasteiger charge is -2.44. The molecule has 0 unspecified atom stereocenters. The van der Waals surface area contributed by atoms with Crippen molar-refractivity contribution < 1.29 is 32.9 Å². The first kappa shape index (κ1) is 20.3. The summed E-state index contributed by atoms with van der Waals surface area (Å²) in [5, 5.41) is 21.8. The molecule has 2 aromatic carbocycles. The van der Waals surface area contributed by atoms with Gasteiger partial charge >= 0.3 is 12.3 Å². The zero-order chi connectivity index (χ0) is 22.6. The van der Waals surface area contributed by atoms with Crippen LogP contribution in [-0.4, -0.2) is 32.3 Å². The molecule has 3 aromatic rings. The van der Waals surface area contributed by atoms with Crippen LogP contribution in [0, 0.1) is 0 Å². The van der Waals surface area contributed by atoms with Crippen molar-refractivity contribution >= 4 is 6.09 Å². The molecule has 32 heavy (non-hydrogen) atoms. The lowest BCUT2D eigenvalue weighted by Crippen LogP contribution is -2.46. The van der Waals surface area contributed by atoms with Gasteiger partial charge in [0.1, 0.15) is 5.75 Å². The molecule has 6 nitrogen and oxygen atoms in total. The Hall–Kier alpha value is -3.62. The highest BCUT2D eigenvalue weighted by Gasteiger charge is 2.47. The van der Waals surface area contributed by atoms with Gasteiger partial charge in [-0.3, -0.25) is 9.47 Å². The van der Waals surface area contributed by atoms with Crippen molar-refractivity contribution in [3.63, 3.8) is 0 Å². The number of aromatic nitrogens is 1. The van der Waals surface area contributed by atoms with E-state index < -0.39 is 23.9 Å². The van der Waals surface area contributed by atoms with Crippen molar-refractivity contribution in [2.24, 2.45) is 0 Å². The van der Waals surface area contributed by atoms with Gasteiger partial charge in [-0.2, -0.15) is 13.2 Å². The highest BCUT2D eigenvalue weighted by atomic mass is 19.4. The third-order valence-corrected chi connectivity index (χ3v) is 6.13. The van der Waals surface area contributed by atoms with E-state index in [1.165, 1.54) is 17.0 Å². The summed E-state index contributed by atoms with van der Waals surface area (Å²) in [7, 11) is 0. The summed E-state index contributed by atoms with van der Waals surface area (Å²) in [6.45, 7) is 0.281. The Bertz CT molecular complexity index is 1190. The van der Waals surface area contributed by atoms with E-state index in [1.807, 2.05) is 0 Å². The first-order valence-electron chi connectivity index (χ1n) is 10.1. The van der Waals surface area contributed by atoms with Crippen molar-refractivity contribution in [3.8, 4) is 23.2 Å². The zero-order valence-electron chi connectivity index (χ0n) is 16.7. The van der Waals surface area contributed by atoms with Crippen LogP contribution in [0.1, 0.15) is 41.5 Å². The molecule has 166 valence electrons. The van der Waals surface area contributed by atoms with Crippen LogP contribution in [0.4, 0.5) is 18.0 Å². The number of piperidine rings is 1. The number of benzene rings is 2. The number of para-hydroxylation sites is 1. The summed E-state index contributed by atoms with van der Waals surface area (Å²) >= 11 is 0. The van der Waals surface area contributed by atoms with Crippen LogP contribution in [0.15, 0.2) is 54.6 Å². The predicted octanol–water partition coefficient (Wildman–Crippen LogP) is 5.34. The molecule has 0 radical (unpaired) electrons. The maximum absolute atomic E-state index is 13.2. The van der Waals surface area contributed by atoms with E-state index in [-0.39, 0.29) is 29.9 Å². The monoisotopic (exact) mass is 444 g/mol. The first-order valence-corrected chi connectivity index (χ1v) is 10.1. The Morgan fingerprint density at radius 1 is 0.969 bits per heavy atom. The van der Waals surface area contributed by atoms with E-state index in [2.05, 4.69) is 0 Å². The van der Waals surface area contributed by atoms with E-state index in [9.17, 15) is 28.2 Å². The van der Waals surface area contributed by atoms with Gasteiger partial charge in [0.05, 0.1) is 17.3 Å². The van der Waals surface area contributed by atoms with Crippen LogP contribution >= 0.6 is 0 Å². The summed E-state index contributed by atoms with van der Waals surface area (Å²) in [5.74, 6) is -0.560. The SMILES string of the molecule is O=C(Oc1ccccc1)N1C[C@@H]2CC[C@H]1c1c2c(O)n(-c2cccc(C(F)(F)F)c2)c1O. The summed E-state index contributed by atoms with van der Waals surface area (Å²) in [4.78, 5) is 14.3. The number of carbonyl (C=O) groups excluding carboxylic acids is 1. The number of amides is 1. The van der Waals surface area contributed by atoms with E-state index >= 15 is 0 Å². The highest BCUT2D eigenvalue weighted by molar-refractivity contribution is 5.73. The molecule has 0 saturated carbocycles. The molecule has 2 bridgehead atoms. The van der Waals surface area contributed by atoms with Gasteiger partial charge in [0, 0.05) is 23.6 Å². The molecule has 2 atom stereocenters. The van der Waals surface area contributed by atoms with Gasteiger partial charge < -0.3 is 14.9 Å². The number of fused-ring (bicyclic) bond motifs is 2. The number of ether oxygens (including phenoxy) is 1. The molecule has 6 rings (SSSR count). The number of nitrogens with zero attached hydrogens (tertiary/aromatic N) is 2. The fourth-order valence-electron chi connectivity index (χ4n) is 4.74. The van der Waals surface area contributed by atoms with Crippen LogP contribution in [0.2, 0.25) is 0 Å². The first-order chi connectivity index (χ1) is 15.3. The maximum Gasteiger partial charge on any atom is 0.416 e. The summed E-state index contributed by atoms with van der Waals surface area (Å²) in [5.41, 5.74) is -0.0779. The second-order valence-electron chi connectivity index (χ2n) is 7.98. The van der Waals surface area contributed by atoms with Gasteiger partial charge in [-0.15, -0.1) is 0 Å². The Labute approximate surface area is 181 Å². The van der Waals surface area contributed by atoms with E-state index in [0.717, 1.165) is 16.7 Å². The third-order valence-electron chi connectivity index (χ3n) is 6.13. The van der Waals surface area contributed by atoms with Gasteiger partial charge in [0.15, 0.2) is 0 Å². The molecule has 2 N–H and O–H groups in total. The number of carbonyl (C=O) groups is 1. The molecule has 1 aromatic heterocycles. The molecule has 0 spiro atoms. The number of hydrogen-bond donors (Lipinski definition) is 2. The summed E-state index contributed by atoms with van der Waals surface area (Å²) < 4.78 is 46.0. The van der Waals surface area contributed by atoms with Gasteiger partial charge in [-0.05, 0) is 43.2 Å². The van der Waals surface area contributed by atoms with Gasteiger partial charge in [-0.25, -0.2) is 4.79 Å². The molecular weight excluding hydrogens is 425 g/mol. The van der Waals surface area contributed by atoms with Crippen molar-refractivity contribution in [2.45, 2.75) is 31.0 Å². The lowest BCUT2D eigenvalue weighted by atomic mass is 9.76. The Balaban J connectivity index is 1.53. The maximum atomic E-state index is 13.2. The van der Waals surface area contributed by atoms with Crippen LogP contribution in [0.3, 0.4) is 0 Å². The number of hydrogen-bond acceptors (Lipinski definition) is 4. The van der Waals surface area contributed by atoms with E-state index in [4.69, 9.17) is 4.74 Å². The van der Waals surface area contributed by atoms with Crippen LogP contribution in [0.5, 0.6) is 17.5 Å². The minimum atomic E-state index is -4.56. The fraction of sp³-hybridized carbons (Fsp3) is 0.261. The number of rotatable bonds is 2. The topological polar surface area (TPSA) is 74.9 Å².